The number of hydrogen-bond donors (Lipinski definition) is 1. The highest BCUT2D eigenvalue weighted by Gasteiger charge is 2.06. The van der Waals surface area contributed by atoms with E-state index in [9.17, 15) is 0 Å². The molecular weight excluding hydrogens is 254 g/mol. The normalized spacial score (nSPS) is 11.2. The lowest BCUT2D eigenvalue weighted by Gasteiger charge is -2.21. The molecule has 1 N–H and O–H groups in total. The molecule has 0 radical (unpaired) electrons. The highest BCUT2D eigenvalue weighted by atomic mass is 16.5. The highest BCUT2D eigenvalue weighted by molar-refractivity contribution is 5.13. The van der Waals surface area contributed by atoms with Crippen molar-refractivity contribution < 1.29 is 9.47 Å². The van der Waals surface area contributed by atoms with Gasteiger partial charge in [0.25, 0.3) is 0 Å². The Morgan fingerprint density at radius 3 is 2.35 bits per heavy atom. The van der Waals surface area contributed by atoms with Gasteiger partial charge in [0.05, 0.1) is 18.9 Å². The highest BCUT2D eigenvalue weighted by Crippen LogP contribution is 2.04. The van der Waals surface area contributed by atoms with Crippen molar-refractivity contribution in [3.05, 3.63) is 29.6 Å². The molecule has 5 nitrogen and oxygen atoms in total. The van der Waals surface area contributed by atoms with Crippen molar-refractivity contribution in [2.24, 2.45) is 0 Å². The number of ether oxygens (including phenoxy) is 2. The monoisotopic (exact) mass is 281 g/mol. The Hall–Kier alpha value is -1.01. The van der Waals surface area contributed by atoms with E-state index in [2.05, 4.69) is 34.3 Å². The summed E-state index contributed by atoms with van der Waals surface area (Å²) in [7, 11) is 3.45. The fourth-order valence-electron chi connectivity index (χ4n) is 1.86. The van der Waals surface area contributed by atoms with Crippen LogP contribution in [-0.4, -0.2) is 57.0 Å². The summed E-state index contributed by atoms with van der Waals surface area (Å²) in [5, 5.41) is 3.30. The van der Waals surface area contributed by atoms with E-state index in [0.29, 0.717) is 0 Å². The van der Waals surface area contributed by atoms with E-state index in [0.717, 1.165) is 51.6 Å². The maximum Gasteiger partial charge on any atom is 0.0589 e. The van der Waals surface area contributed by atoms with E-state index in [1.807, 2.05) is 6.20 Å². The molecule has 0 aromatic carbocycles. The topological polar surface area (TPSA) is 46.6 Å². The van der Waals surface area contributed by atoms with Gasteiger partial charge >= 0.3 is 0 Å². The molecule has 0 unspecified atom stereocenters. The predicted octanol–water partition coefficient (Wildman–Crippen LogP) is 1.29. The maximum absolute atomic E-state index is 5.14. The molecule has 0 fully saturated rings. The van der Waals surface area contributed by atoms with Gasteiger partial charge in [-0.1, -0.05) is 13.0 Å². The molecule has 0 amide bonds. The van der Waals surface area contributed by atoms with E-state index >= 15 is 0 Å². The molecule has 0 bridgehead atoms. The minimum absolute atomic E-state index is 0.724. The average molecular weight is 281 g/mol. The smallest absolute Gasteiger partial charge is 0.0589 e. The van der Waals surface area contributed by atoms with Crippen LogP contribution in [0.2, 0.25) is 0 Å². The predicted molar refractivity (Wildman–Crippen MR) is 80.6 cm³/mol. The van der Waals surface area contributed by atoms with Crippen LogP contribution in [-0.2, 0) is 22.6 Å². The molecule has 0 aliphatic carbocycles. The van der Waals surface area contributed by atoms with Crippen molar-refractivity contribution >= 4 is 0 Å². The molecule has 1 aromatic heterocycles. The summed E-state index contributed by atoms with van der Waals surface area (Å²) >= 11 is 0. The lowest BCUT2D eigenvalue weighted by molar-refractivity contribution is 0.109. The van der Waals surface area contributed by atoms with Gasteiger partial charge in [0.15, 0.2) is 0 Å². The van der Waals surface area contributed by atoms with Crippen LogP contribution in [0, 0.1) is 0 Å². The minimum atomic E-state index is 0.724. The van der Waals surface area contributed by atoms with Gasteiger partial charge in [-0.25, -0.2) is 0 Å². The molecule has 0 atom stereocenters. The molecule has 114 valence electrons. The molecule has 0 aliphatic heterocycles. The Kier molecular flexibility index (Phi) is 9.15. The molecule has 0 aliphatic rings. The van der Waals surface area contributed by atoms with Crippen LogP contribution < -0.4 is 5.32 Å². The summed E-state index contributed by atoms with van der Waals surface area (Å²) in [4.78, 5) is 6.82. The third kappa shape index (κ3) is 6.96. The number of pyridine rings is 1. The van der Waals surface area contributed by atoms with Gasteiger partial charge in [0, 0.05) is 46.6 Å². The van der Waals surface area contributed by atoms with Crippen molar-refractivity contribution in [2.75, 3.05) is 47.1 Å². The third-order valence-corrected chi connectivity index (χ3v) is 3.07. The third-order valence-electron chi connectivity index (χ3n) is 3.07. The Morgan fingerprint density at radius 2 is 1.85 bits per heavy atom. The fraction of sp³-hybridized carbons (Fsp3) is 0.667. The number of rotatable bonds is 11. The van der Waals surface area contributed by atoms with Crippen molar-refractivity contribution in [2.45, 2.75) is 20.0 Å². The van der Waals surface area contributed by atoms with E-state index in [1.165, 1.54) is 5.56 Å². The van der Waals surface area contributed by atoms with Gasteiger partial charge < -0.3 is 14.8 Å². The first kappa shape index (κ1) is 17.0. The summed E-state index contributed by atoms with van der Waals surface area (Å²) in [5.41, 5.74) is 2.30. The fourth-order valence-corrected chi connectivity index (χ4v) is 1.86. The Bertz CT molecular complexity index is 335. The summed E-state index contributed by atoms with van der Waals surface area (Å²) < 4.78 is 10.3. The molecule has 1 aromatic rings. The van der Waals surface area contributed by atoms with E-state index < -0.39 is 0 Å². The van der Waals surface area contributed by atoms with E-state index in [1.54, 1.807) is 14.2 Å². The molecule has 0 saturated carbocycles. The zero-order chi connectivity index (χ0) is 14.6. The second-order valence-electron chi connectivity index (χ2n) is 4.70. The lowest BCUT2D eigenvalue weighted by Crippen LogP contribution is -2.30. The molecule has 5 heteroatoms. The van der Waals surface area contributed by atoms with Crippen LogP contribution >= 0.6 is 0 Å². The average Bonchev–Trinajstić information content (AvgIpc) is 2.49. The van der Waals surface area contributed by atoms with Crippen LogP contribution in [0.5, 0.6) is 0 Å². The second kappa shape index (κ2) is 10.7. The number of aromatic nitrogens is 1. The number of nitrogens with one attached hydrogen (secondary N) is 1. The number of hydrogen-bond acceptors (Lipinski definition) is 5. The first-order valence-electron chi connectivity index (χ1n) is 7.15. The zero-order valence-corrected chi connectivity index (χ0v) is 12.9. The molecule has 20 heavy (non-hydrogen) atoms. The van der Waals surface area contributed by atoms with Crippen molar-refractivity contribution in [1.29, 1.82) is 0 Å². The quantitative estimate of drug-likeness (QED) is 0.662. The Balaban J connectivity index is 2.49. The van der Waals surface area contributed by atoms with E-state index in [-0.39, 0.29) is 0 Å². The van der Waals surface area contributed by atoms with Crippen molar-refractivity contribution in [3.8, 4) is 0 Å². The zero-order valence-electron chi connectivity index (χ0n) is 12.9. The van der Waals surface area contributed by atoms with Gasteiger partial charge in [0.2, 0.25) is 0 Å². The Morgan fingerprint density at radius 1 is 1.15 bits per heavy atom. The van der Waals surface area contributed by atoms with Gasteiger partial charge in [-0.05, 0) is 18.2 Å². The van der Waals surface area contributed by atoms with Gasteiger partial charge in [-0.15, -0.1) is 0 Å². The molecule has 0 spiro atoms. The number of nitrogens with zero attached hydrogens (tertiary/aromatic N) is 2. The molecule has 1 rings (SSSR count). The molecular formula is C15H27N3O2. The van der Waals surface area contributed by atoms with Crippen LogP contribution in [0.25, 0.3) is 0 Å². The van der Waals surface area contributed by atoms with Crippen LogP contribution in [0.15, 0.2) is 18.3 Å². The first-order chi connectivity index (χ1) is 9.80. The lowest BCUT2D eigenvalue weighted by atomic mass is 10.2. The van der Waals surface area contributed by atoms with Gasteiger partial charge in [-0.3, -0.25) is 9.88 Å². The summed E-state index contributed by atoms with van der Waals surface area (Å²) in [6, 6.07) is 4.23. The minimum Gasteiger partial charge on any atom is -0.383 e. The van der Waals surface area contributed by atoms with Crippen LogP contribution in [0.1, 0.15) is 18.2 Å². The molecule has 0 saturated heterocycles. The number of methoxy groups -OCH3 is 2. The van der Waals surface area contributed by atoms with E-state index in [4.69, 9.17) is 9.47 Å². The molecule has 1 heterocycles. The maximum atomic E-state index is 5.14. The SMILES string of the molecule is CCNCc1ccc(CN(CCOC)CCOC)nc1. The Labute approximate surface area is 122 Å². The summed E-state index contributed by atoms with van der Waals surface area (Å²) in [5.74, 6) is 0. The summed E-state index contributed by atoms with van der Waals surface area (Å²) in [6.07, 6.45) is 1.95. The summed E-state index contributed by atoms with van der Waals surface area (Å²) in [6.45, 7) is 8.01. The second-order valence-corrected chi connectivity index (χ2v) is 4.70. The van der Waals surface area contributed by atoms with Crippen molar-refractivity contribution in [3.63, 3.8) is 0 Å². The van der Waals surface area contributed by atoms with Crippen LogP contribution in [0.4, 0.5) is 0 Å². The van der Waals surface area contributed by atoms with Crippen molar-refractivity contribution in [1.82, 2.24) is 15.2 Å². The standard InChI is InChI=1S/C15H27N3O2/c1-4-16-11-14-5-6-15(17-12-14)13-18(7-9-19-2)8-10-20-3/h5-6,12,16H,4,7-11,13H2,1-3H3. The van der Waals surface area contributed by atoms with Gasteiger partial charge in [0.1, 0.15) is 0 Å². The first-order valence-corrected chi connectivity index (χ1v) is 7.15. The van der Waals surface area contributed by atoms with Crippen LogP contribution in [0.3, 0.4) is 0 Å². The van der Waals surface area contributed by atoms with Gasteiger partial charge in [-0.2, -0.15) is 0 Å². The largest absolute Gasteiger partial charge is 0.383 e.